The molecular weight excluding hydrogens is 804 g/mol. The summed E-state index contributed by atoms with van der Waals surface area (Å²) in [5.74, 6) is -2.74. The van der Waals surface area contributed by atoms with Crippen LogP contribution < -0.4 is 10.9 Å². The van der Waals surface area contributed by atoms with Gasteiger partial charge in [-0.25, -0.2) is 0 Å². The van der Waals surface area contributed by atoms with E-state index >= 15 is 0 Å². The van der Waals surface area contributed by atoms with E-state index in [9.17, 15) is 19.2 Å². The van der Waals surface area contributed by atoms with Crippen LogP contribution in [0, 0.1) is 13.8 Å². The molecule has 0 radical (unpaired) electrons. The normalized spacial score (nSPS) is 15.0. The molecule has 0 unspecified atom stereocenters. The monoisotopic (exact) mass is 868 g/mol. The molecule has 3 heterocycles. The molecule has 0 aromatic heterocycles. The summed E-state index contributed by atoms with van der Waals surface area (Å²) in [5, 5.41) is 3.35. The number of esters is 2. The number of ether oxygens (including phenoxy) is 2. The predicted molar refractivity (Wildman–Crippen MR) is 224 cm³/mol. The highest BCUT2D eigenvalue weighted by atomic mass is 79.9. The molecule has 0 atom stereocenters. The van der Waals surface area contributed by atoms with Crippen molar-refractivity contribution in [3.8, 4) is 0 Å². The number of carbonyl (C=O) groups is 4. The van der Waals surface area contributed by atoms with E-state index in [1.165, 1.54) is 18.4 Å². The Morgan fingerprint density at radius 1 is 0.660 bits per heavy atom. The van der Waals surface area contributed by atoms with Gasteiger partial charge in [0.1, 0.15) is 5.92 Å². The highest BCUT2D eigenvalue weighted by Crippen LogP contribution is 2.36. The minimum absolute atomic E-state index is 0. The van der Waals surface area contributed by atoms with Crippen LogP contribution in [-0.4, -0.2) is 73.2 Å². The first-order chi connectivity index (χ1) is 24.1. The lowest BCUT2D eigenvalue weighted by Crippen LogP contribution is -2.45. The molecule has 2 aromatic rings. The maximum absolute atomic E-state index is 12.8. The van der Waals surface area contributed by atoms with E-state index in [1.807, 2.05) is 32.9 Å². The SMILES string of the molecule is Br.Br.C.C1CCNNC1.CCOC(=O)C(C(=O)OCC)c1c(CC)cc(C)cc1CC.CCc1cc(C)cc(CC)c1C1C(=O)N2CCCCN2C1=O. The summed E-state index contributed by atoms with van der Waals surface area (Å²) in [6.07, 6.45) is 7.82. The number of rotatable bonds is 10. The summed E-state index contributed by atoms with van der Waals surface area (Å²) in [6.45, 7) is 19.9. The van der Waals surface area contributed by atoms with Gasteiger partial charge in [-0.15, -0.1) is 34.0 Å². The van der Waals surface area contributed by atoms with E-state index in [-0.39, 0.29) is 66.4 Å². The van der Waals surface area contributed by atoms with Gasteiger partial charge in [0, 0.05) is 26.2 Å². The van der Waals surface area contributed by atoms with Gasteiger partial charge < -0.3 is 9.47 Å². The number of halogens is 2. The van der Waals surface area contributed by atoms with Crippen LogP contribution in [0.4, 0.5) is 0 Å². The van der Waals surface area contributed by atoms with Gasteiger partial charge in [0.15, 0.2) is 5.92 Å². The predicted octanol–water partition coefficient (Wildman–Crippen LogP) is 7.58. The van der Waals surface area contributed by atoms with Crippen molar-refractivity contribution in [1.29, 1.82) is 0 Å². The number of nitrogens with zero attached hydrogens (tertiary/aromatic N) is 2. The fourth-order valence-corrected chi connectivity index (χ4v) is 7.08. The smallest absolute Gasteiger partial charge is 0.324 e. The molecule has 2 N–H and O–H groups in total. The third-order valence-corrected chi connectivity index (χ3v) is 9.40. The first-order valence-electron chi connectivity index (χ1n) is 18.7. The number of carbonyl (C=O) groups excluding carboxylic acids is 4. The molecule has 0 bridgehead atoms. The van der Waals surface area contributed by atoms with E-state index in [1.54, 1.807) is 23.9 Å². The van der Waals surface area contributed by atoms with Crippen LogP contribution in [0.3, 0.4) is 0 Å². The molecule has 5 rings (SSSR count). The van der Waals surface area contributed by atoms with Crippen molar-refractivity contribution in [1.82, 2.24) is 20.9 Å². The van der Waals surface area contributed by atoms with E-state index in [0.717, 1.165) is 90.6 Å². The minimum atomic E-state index is -0.995. The Morgan fingerprint density at radius 2 is 1.02 bits per heavy atom. The Morgan fingerprint density at radius 3 is 1.32 bits per heavy atom. The summed E-state index contributed by atoms with van der Waals surface area (Å²) in [5.41, 5.74) is 14.4. The standard InChI is InChI=1S/C18H24N2O2.C18H26O4.C4H10N2.CH4.2BrH/c1-4-13-10-12(3)11-14(5-2)15(13)16-17(21)19-8-6-7-9-20(19)18(16)22;1-6-13-10-12(5)11-14(7-2)15(13)16(17(19)21-8-3)18(20)22-9-4;1-2-4-6-5-3-1;;;/h10-11,16H,4-9H2,1-3H3;10-11,16H,6-9H2,1-5H3;5-6H,1-4H2;1H4;2*1H. The number of aryl methyl sites for hydroxylation is 6. The molecule has 0 saturated carbocycles. The van der Waals surface area contributed by atoms with Crippen LogP contribution in [0.2, 0.25) is 0 Å². The molecule has 3 aliphatic rings. The average molecular weight is 871 g/mol. The second-order valence-corrected chi connectivity index (χ2v) is 13.0. The largest absolute Gasteiger partial charge is 0.465 e. The fraction of sp³-hybridized carbons (Fsp3) is 0.610. The maximum Gasteiger partial charge on any atom is 0.324 e. The van der Waals surface area contributed by atoms with Gasteiger partial charge in [0.2, 0.25) is 0 Å². The summed E-state index contributed by atoms with van der Waals surface area (Å²) >= 11 is 0. The number of hydrogen-bond acceptors (Lipinski definition) is 8. The van der Waals surface area contributed by atoms with Gasteiger partial charge >= 0.3 is 11.9 Å². The third kappa shape index (κ3) is 12.9. The van der Waals surface area contributed by atoms with Gasteiger partial charge in [0.05, 0.1) is 13.2 Å². The van der Waals surface area contributed by atoms with Crippen LogP contribution in [0.25, 0.3) is 0 Å². The van der Waals surface area contributed by atoms with E-state index < -0.39 is 23.8 Å². The Bertz CT molecular complexity index is 1320. The average Bonchev–Trinajstić information content (AvgIpc) is 3.38. The molecule has 10 nitrogen and oxygen atoms in total. The van der Waals surface area contributed by atoms with Gasteiger partial charge in [-0.2, -0.15) is 0 Å². The molecule has 2 aromatic carbocycles. The second-order valence-electron chi connectivity index (χ2n) is 13.0. The minimum Gasteiger partial charge on any atom is -0.465 e. The molecule has 0 aliphatic carbocycles. The molecule has 12 heteroatoms. The van der Waals surface area contributed by atoms with Crippen molar-refractivity contribution in [2.45, 2.75) is 126 Å². The van der Waals surface area contributed by atoms with E-state index in [4.69, 9.17) is 9.47 Å². The Balaban J connectivity index is 0.000000838. The summed E-state index contributed by atoms with van der Waals surface area (Å²) < 4.78 is 10.2. The molecule has 3 saturated heterocycles. The van der Waals surface area contributed by atoms with Crippen LogP contribution in [0.15, 0.2) is 24.3 Å². The number of amides is 2. The zero-order valence-corrected chi connectivity index (χ0v) is 36.0. The van der Waals surface area contributed by atoms with Gasteiger partial charge in [-0.3, -0.25) is 40.0 Å². The molecule has 3 aliphatic heterocycles. The van der Waals surface area contributed by atoms with E-state index in [0.29, 0.717) is 13.1 Å². The Hall–Kier alpha value is -2.80. The number of nitrogens with one attached hydrogen (secondary N) is 2. The first kappa shape index (κ1) is 50.2. The highest BCUT2D eigenvalue weighted by molar-refractivity contribution is 8.93. The lowest BCUT2D eigenvalue weighted by atomic mass is 9.85. The zero-order chi connectivity index (χ0) is 36.8. The van der Waals surface area contributed by atoms with Crippen LogP contribution in [0.1, 0.15) is 131 Å². The highest BCUT2D eigenvalue weighted by Gasteiger charge is 2.48. The molecule has 2 amide bonds. The van der Waals surface area contributed by atoms with Crippen LogP contribution >= 0.6 is 34.0 Å². The second kappa shape index (κ2) is 25.3. The lowest BCUT2D eigenvalue weighted by molar-refractivity contribution is -0.157. The number of hydrogen-bond donors (Lipinski definition) is 2. The summed E-state index contributed by atoms with van der Waals surface area (Å²) in [7, 11) is 0. The van der Waals surface area contributed by atoms with Crippen LogP contribution in [-0.2, 0) is 54.3 Å². The van der Waals surface area contributed by atoms with Crippen molar-refractivity contribution < 1.29 is 28.7 Å². The lowest BCUT2D eigenvalue weighted by Gasteiger charge is -2.31. The van der Waals surface area contributed by atoms with Crippen LogP contribution in [0.5, 0.6) is 0 Å². The van der Waals surface area contributed by atoms with Crippen molar-refractivity contribution in [3.05, 3.63) is 68.8 Å². The topological polar surface area (TPSA) is 117 Å². The first-order valence-corrected chi connectivity index (χ1v) is 18.7. The maximum atomic E-state index is 12.8. The van der Waals surface area contributed by atoms with Crippen molar-refractivity contribution in [3.63, 3.8) is 0 Å². The Labute approximate surface area is 340 Å². The fourth-order valence-electron chi connectivity index (χ4n) is 7.08. The van der Waals surface area contributed by atoms with Crippen molar-refractivity contribution in [2.75, 3.05) is 39.4 Å². The van der Waals surface area contributed by atoms with E-state index in [2.05, 4.69) is 43.8 Å². The number of benzene rings is 2. The number of hydrazine groups is 2. The van der Waals surface area contributed by atoms with Gasteiger partial charge in [0.25, 0.3) is 11.8 Å². The molecular formula is C41H66Br2N4O6. The van der Waals surface area contributed by atoms with Crippen molar-refractivity contribution >= 4 is 57.7 Å². The summed E-state index contributed by atoms with van der Waals surface area (Å²) in [6, 6.07) is 8.31. The molecule has 300 valence electrons. The quantitative estimate of drug-likeness (QED) is 0.186. The van der Waals surface area contributed by atoms with Gasteiger partial charge in [-0.05, 0) is 112 Å². The van der Waals surface area contributed by atoms with Crippen molar-refractivity contribution in [2.24, 2.45) is 0 Å². The number of fused-ring (bicyclic) bond motifs is 1. The summed E-state index contributed by atoms with van der Waals surface area (Å²) in [4.78, 5) is 50.4. The van der Waals surface area contributed by atoms with Gasteiger partial charge in [-0.1, -0.05) is 70.5 Å². The molecule has 3 fully saturated rings. The third-order valence-electron chi connectivity index (χ3n) is 9.40. The Kier molecular flexibility index (Phi) is 24.0. The molecule has 0 spiro atoms. The zero-order valence-electron chi connectivity index (χ0n) is 32.5. The molecule has 53 heavy (non-hydrogen) atoms.